The van der Waals surface area contributed by atoms with Gasteiger partial charge in [0.1, 0.15) is 6.61 Å². The first-order chi connectivity index (χ1) is 13.5. The van der Waals surface area contributed by atoms with Gasteiger partial charge in [-0.2, -0.15) is 0 Å². The SMILES string of the molecule is Cc1ccc(C)n1-c1nc(CC(=O)Nc2cccc(N3CCOC3=O)c2)cs1. The van der Waals surface area contributed by atoms with Gasteiger partial charge in [0.05, 0.1) is 18.7 Å². The smallest absolute Gasteiger partial charge is 0.414 e. The molecule has 2 aromatic heterocycles. The summed E-state index contributed by atoms with van der Waals surface area (Å²) in [4.78, 5) is 30.3. The van der Waals surface area contributed by atoms with E-state index >= 15 is 0 Å². The number of hydrogen-bond acceptors (Lipinski definition) is 5. The van der Waals surface area contributed by atoms with Crippen LogP contribution in [-0.4, -0.2) is 34.7 Å². The summed E-state index contributed by atoms with van der Waals surface area (Å²) in [5.74, 6) is -0.154. The number of carbonyl (C=O) groups excluding carboxylic acids is 2. The number of nitrogens with one attached hydrogen (secondary N) is 1. The van der Waals surface area contributed by atoms with E-state index in [0.717, 1.165) is 22.2 Å². The van der Waals surface area contributed by atoms with E-state index in [9.17, 15) is 9.59 Å². The van der Waals surface area contributed by atoms with Gasteiger partial charge in [0.2, 0.25) is 5.91 Å². The lowest BCUT2D eigenvalue weighted by molar-refractivity contribution is -0.115. The van der Waals surface area contributed by atoms with E-state index in [-0.39, 0.29) is 18.4 Å². The molecule has 28 heavy (non-hydrogen) atoms. The maximum absolute atomic E-state index is 12.4. The van der Waals surface area contributed by atoms with Crippen LogP contribution in [0.2, 0.25) is 0 Å². The van der Waals surface area contributed by atoms with E-state index in [2.05, 4.69) is 14.9 Å². The summed E-state index contributed by atoms with van der Waals surface area (Å²) < 4.78 is 7.03. The van der Waals surface area contributed by atoms with Crippen molar-refractivity contribution in [3.8, 4) is 5.13 Å². The van der Waals surface area contributed by atoms with E-state index in [1.165, 1.54) is 11.3 Å². The largest absolute Gasteiger partial charge is 0.447 e. The van der Waals surface area contributed by atoms with Gasteiger partial charge in [0, 0.05) is 28.1 Å². The Morgan fingerprint density at radius 2 is 2.04 bits per heavy atom. The van der Waals surface area contributed by atoms with Crippen molar-refractivity contribution in [2.75, 3.05) is 23.4 Å². The molecular weight excluding hydrogens is 376 g/mol. The number of carbonyl (C=O) groups is 2. The zero-order valence-electron chi connectivity index (χ0n) is 15.6. The minimum atomic E-state index is -0.367. The first-order valence-electron chi connectivity index (χ1n) is 8.95. The van der Waals surface area contributed by atoms with Crippen LogP contribution in [0.25, 0.3) is 5.13 Å². The van der Waals surface area contributed by atoms with Gasteiger partial charge in [0.15, 0.2) is 5.13 Å². The molecule has 1 saturated heterocycles. The fourth-order valence-electron chi connectivity index (χ4n) is 3.20. The lowest BCUT2D eigenvalue weighted by atomic mass is 10.2. The Balaban J connectivity index is 1.43. The normalized spacial score (nSPS) is 13.6. The topological polar surface area (TPSA) is 76.5 Å². The highest BCUT2D eigenvalue weighted by molar-refractivity contribution is 7.12. The third-order valence-corrected chi connectivity index (χ3v) is 5.42. The highest BCUT2D eigenvalue weighted by Gasteiger charge is 2.23. The number of anilines is 2. The van der Waals surface area contributed by atoms with Crippen molar-refractivity contribution in [1.29, 1.82) is 0 Å². The number of amides is 2. The summed E-state index contributed by atoms with van der Waals surface area (Å²) in [6.45, 7) is 4.95. The van der Waals surface area contributed by atoms with Crippen LogP contribution in [0.3, 0.4) is 0 Å². The van der Waals surface area contributed by atoms with Crippen LogP contribution in [0.4, 0.5) is 16.2 Å². The quantitative estimate of drug-likeness (QED) is 0.714. The van der Waals surface area contributed by atoms with Gasteiger partial charge in [0.25, 0.3) is 0 Å². The predicted octanol–water partition coefficient (Wildman–Crippen LogP) is 3.69. The van der Waals surface area contributed by atoms with E-state index in [1.54, 1.807) is 23.1 Å². The molecule has 0 bridgehead atoms. The van der Waals surface area contributed by atoms with Crippen molar-refractivity contribution in [1.82, 2.24) is 9.55 Å². The summed E-state index contributed by atoms with van der Waals surface area (Å²) in [7, 11) is 0. The summed E-state index contributed by atoms with van der Waals surface area (Å²) in [6, 6.07) is 11.3. The molecule has 3 aromatic rings. The van der Waals surface area contributed by atoms with E-state index in [0.29, 0.717) is 24.5 Å². The molecule has 1 aliphatic heterocycles. The molecule has 0 radical (unpaired) electrons. The molecule has 2 amide bonds. The Kier molecular flexibility index (Phi) is 4.87. The van der Waals surface area contributed by atoms with Crippen LogP contribution in [0.15, 0.2) is 41.8 Å². The number of benzene rings is 1. The summed E-state index contributed by atoms with van der Waals surface area (Å²) >= 11 is 1.52. The molecule has 0 spiro atoms. The van der Waals surface area contributed by atoms with E-state index < -0.39 is 0 Å². The third kappa shape index (κ3) is 3.63. The molecule has 1 N–H and O–H groups in total. The molecule has 0 aliphatic carbocycles. The summed E-state index contributed by atoms with van der Waals surface area (Å²) in [6.07, 6.45) is -0.180. The highest BCUT2D eigenvalue weighted by atomic mass is 32.1. The van der Waals surface area contributed by atoms with Crippen molar-refractivity contribution >= 4 is 34.7 Å². The average molecular weight is 396 g/mol. The Labute approximate surface area is 166 Å². The second-order valence-corrected chi connectivity index (χ2v) is 7.45. The van der Waals surface area contributed by atoms with Crippen LogP contribution in [0, 0.1) is 13.8 Å². The molecule has 1 aromatic carbocycles. The van der Waals surface area contributed by atoms with Crippen molar-refractivity contribution in [3.05, 3.63) is 58.9 Å². The first kappa shape index (κ1) is 18.2. The maximum atomic E-state index is 12.4. The molecule has 0 atom stereocenters. The van der Waals surface area contributed by atoms with Crippen molar-refractivity contribution in [2.45, 2.75) is 20.3 Å². The number of thiazole rings is 1. The number of aryl methyl sites for hydroxylation is 2. The van der Waals surface area contributed by atoms with Crippen LogP contribution >= 0.6 is 11.3 Å². The Hall–Kier alpha value is -3.13. The fourth-order valence-corrected chi connectivity index (χ4v) is 4.14. The minimum absolute atomic E-state index is 0.154. The number of cyclic esters (lactones) is 1. The van der Waals surface area contributed by atoms with Crippen LogP contribution in [0.5, 0.6) is 0 Å². The van der Waals surface area contributed by atoms with Gasteiger partial charge in [-0.3, -0.25) is 14.3 Å². The molecule has 1 aliphatic rings. The predicted molar refractivity (Wildman–Crippen MR) is 108 cm³/mol. The summed E-state index contributed by atoms with van der Waals surface area (Å²) in [5, 5.41) is 5.64. The third-order valence-electron chi connectivity index (χ3n) is 4.55. The van der Waals surface area contributed by atoms with Crippen molar-refractivity contribution in [2.24, 2.45) is 0 Å². The number of hydrogen-bond donors (Lipinski definition) is 1. The lowest BCUT2D eigenvalue weighted by Crippen LogP contribution is -2.23. The lowest BCUT2D eigenvalue weighted by Gasteiger charge is -2.14. The van der Waals surface area contributed by atoms with Crippen LogP contribution in [-0.2, 0) is 16.0 Å². The molecule has 1 fully saturated rings. The molecule has 0 saturated carbocycles. The molecular formula is C20H20N4O3S. The number of aromatic nitrogens is 2. The fraction of sp³-hybridized carbons (Fsp3) is 0.250. The van der Waals surface area contributed by atoms with Crippen molar-refractivity contribution in [3.63, 3.8) is 0 Å². The van der Waals surface area contributed by atoms with Gasteiger partial charge in [-0.05, 0) is 44.2 Å². The zero-order valence-corrected chi connectivity index (χ0v) is 16.5. The Morgan fingerprint density at radius 3 is 2.75 bits per heavy atom. The Bertz CT molecular complexity index is 1020. The second kappa shape index (κ2) is 7.47. The molecule has 8 heteroatoms. The standard InChI is InChI=1S/C20H20N4O3S/c1-13-6-7-14(2)24(13)19-22-16(12-28-19)11-18(25)21-15-4-3-5-17(10-15)23-8-9-27-20(23)26/h3-7,10,12H,8-9,11H2,1-2H3,(H,21,25). The number of nitrogens with zero attached hydrogens (tertiary/aromatic N) is 3. The van der Waals surface area contributed by atoms with Crippen molar-refractivity contribution < 1.29 is 14.3 Å². The Morgan fingerprint density at radius 1 is 1.25 bits per heavy atom. The summed E-state index contributed by atoms with van der Waals surface area (Å²) in [5.41, 5.74) is 4.29. The number of ether oxygens (including phenoxy) is 1. The van der Waals surface area contributed by atoms with Gasteiger partial charge in [-0.1, -0.05) is 6.07 Å². The molecule has 0 unspecified atom stereocenters. The highest BCUT2D eigenvalue weighted by Crippen LogP contribution is 2.23. The first-order valence-corrected chi connectivity index (χ1v) is 9.83. The molecule has 3 heterocycles. The monoisotopic (exact) mass is 396 g/mol. The van der Waals surface area contributed by atoms with Crippen LogP contribution in [0.1, 0.15) is 17.1 Å². The second-order valence-electron chi connectivity index (χ2n) is 6.61. The van der Waals surface area contributed by atoms with E-state index in [1.807, 2.05) is 37.4 Å². The minimum Gasteiger partial charge on any atom is -0.447 e. The van der Waals surface area contributed by atoms with Crippen LogP contribution < -0.4 is 10.2 Å². The van der Waals surface area contributed by atoms with Gasteiger partial charge in [-0.25, -0.2) is 9.78 Å². The van der Waals surface area contributed by atoms with Gasteiger partial charge >= 0.3 is 6.09 Å². The van der Waals surface area contributed by atoms with Gasteiger partial charge in [-0.15, -0.1) is 11.3 Å². The maximum Gasteiger partial charge on any atom is 0.414 e. The zero-order chi connectivity index (χ0) is 19.7. The van der Waals surface area contributed by atoms with E-state index in [4.69, 9.17) is 4.74 Å². The average Bonchev–Trinajstić information content (AvgIpc) is 3.36. The molecule has 7 nitrogen and oxygen atoms in total. The molecule has 4 rings (SSSR count). The molecule has 144 valence electrons. The van der Waals surface area contributed by atoms with Gasteiger partial charge < -0.3 is 10.1 Å². The number of rotatable bonds is 5.